The number of carbonyl (C=O) groups is 1. The summed E-state index contributed by atoms with van der Waals surface area (Å²) in [6.07, 6.45) is 2.15. The first kappa shape index (κ1) is 15.1. The van der Waals surface area contributed by atoms with E-state index in [0.717, 1.165) is 24.2 Å². The highest BCUT2D eigenvalue weighted by atomic mass is 35.5. The summed E-state index contributed by atoms with van der Waals surface area (Å²) >= 11 is 11.7. The van der Waals surface area contributed by atoms with Gasteiger partial charge in [0.15, 0.2) is 0 Å². The molecule has 5 heteroatoms. The summed E-state index contributed by atoms with van der Waals surface area (Å²) in [7, 11) is 3.84. The average molecular weight is 289 g/mol. The molecule has 1 rings (SSSR count). The van der Waals surface area contributed by atoms with Crippen LogP contribution in [-0.2, 0) is 4.79 Å². The van der Waals surface area contributed by atoms with E-state index in [1.807, 2.05) is 31.1 Å². The van der Waals surface area contributed by atoms with Crippen LogP contribution in [0.4, 0.5) is 11.4 Å². The predicted octanol–water partition coefficient (Wildman–Crippen LogP) is 3.75. The van der Waals surface area contributed by atoms with Crippen LogP contribution < -0.4 is 10.2 Å². The van der Waals surface area contributed by atoms with Crippen molar-refractivity contribution in [3.63, 3.8) is 0 Å². The van der Waals surface area contributed by atoms with Gasteiger partial charge in [-0.25, -0.2) is 0 Å². The highest BCUT2D eigenvalue weighted by Gasteiger charge is 2.06. The van der Waals surface area contributed by atoms with Gasteiger partial charge in [-0.3, -0.25) is 4.79 Å². The van der Waals surface area contributed by atoms with Gasteiger partial charge in [-0.1, -0.05) is 11.6 Å². The van der Waals surface area contributed by atoms with Gasteiger partial charge >= 0.3 is 0 Å². The second-order valence-electron chi connectivity index (χ2n) is 4.25. The van der Waals surface area contributed by atoms with Gasteiger partial charge in [0.1, 0.15) is 0 Å². The van der Waals surface area contributed by atoms with Crippen molar-refractivity contribution in [2.45, 2.75) is 19.3 Å². The number of anilines is 2. The van der Waals surface area contributed by atoms with E-state index in [9.17, 15) is 4.79 Å². The maximum atomic E-state index is 11.6. The number of nitrogens with one attached hydrogen (secondary N) is 1. The first-order valence-corrected chi connectivity index (χ1v) is 6.78. The van der Waals surface area contributed by atoms with Crippen LogP contribution in [0.3, 0.4) is 0 Å². The lowest BCUT2D eigenvalue weighted by Gasteiger charge is -2.15. The Morgan fingerprint density at radius 2 is 2.06 bits per heavy atom. The molecule has 0 saturated carbocycles. The zero-order chi connectivity index (χ0) is 13.5. The van der Waals surface area contributed by atoms with Crippen molar-refractivity contribution < 1.29 is 4.79 Å². The van der Waals surface area contributed by atoms with Crippen molar-refractivity contribution in [2.75, 3.05) is 30.2 Å². The Hall–Kier alpha value is -0.930. The first-order valence-electron chi connectivity index (χ1n) is 5.87. The SMILES string of the molecule is CN(C)c1ccc(NC(=O)CCCCCl)cc1Cl. The van der Waals surface area contributed by atoms with Crippen LogP contribution in [0.5, 0.6) is 0 Å². The van der Waals surface area contributed by atoms with E-state index < -0.39 is 0 Å². The summed E-state index contributed by atoms with van der Waals surface area (Å²) in [5, 5.41) is 3.45. The van der Waals surface area contributed by atoms with Crippen LogP contribution in [0.1, 0.15) is 19.3 Å². The van der Waals surface area contributed by atoms with E-state index in [-0.39, 0.29) is 5.91 Å². The average Bonchev–Trinajstić information content (AvgIpc) is 2.28. The van der Waals surface area contributed by atoms with E-state index in [4.69, 9.17) is 23.2 Å². The third kappa shape index (κ3) is 4.75. The fourth-order valence-electron chi connectivity index (χ4n) is 1.55. The number of rotatable bonds is 6. The van der Waals surface area contributed by atoms with Gasteiger partial charge in [0, 0.05) is 32.1 Å². The van der Waals surface area contributed by atoms with Gasteiger partial charge in [-0.2, -0.15) is 0 Å². The molecule has 0 fully saturated rings. The zero-order valence-electron chi connectivity index (χ0n) is 10.7. The second-order valence-corrected chi connectivity index (χ2v) is 5.04. The number of carbonyl (C=O) groups excluding carboxylic acids is 1. The zero-order valence-corrected chi connectivity index (χ0v) is 12.2. The maximum absolute atomic E-state index is 11.6. The van der Waals surface area contributed by atoms with Gasteiger partial charge in [0.05, 0.1) is 10.7 Å². The van der Waals surface area contributed by atoms with Crippen LogP contribution in [-0.4, -0.2) is 25.9 Å². The Labute approximate surface area is 118 Å². The molecule has 0 atom stereocenters. The van der Waals surface area contributed by atoms with Crippen molar-refractivity contribution >= 4 is 40.5 Å². The predicted molar refractivity (Wildman–Crippen MR) is 79.0 cm³/mol. The summed E-state index contributed by atoms with van der Waals surface area (Å²) < 4.78 is 0. The minimum atomic E-state index is -0.00575. The molecular weight excluding hydrogens is 271 g/mol. The van der Waals surface area contributed by atoms with E-state index >= 15 is 0 Å². The number of amides is 1. The smallest absolute Gasteiger partial charge is 0.224 e. The quantitative estimate of drug-likeness (QED) is 0.639. The van der Waals surface area contributed by atoms with Gasteiger partial charge in [-0.05, 0) is 31.0 Å². The lowest BCUT2D eigenvalue weighted by molar-refractivity contribution is -0.116. The number of halogens is 2. The first-order chi connectivity index (χ1) is 8.54. The largest absolute Gasteiger partial charge is 0.376 e. The van der Waals surface area contributed by atoms with Crippen molar-refractivity contribution in [3.8, 4) is 0 Å². The topological polar surface area (TPSA) is 32.3 Å². The number of benzene rings is 1. The summed E-state index contributed by atoms with van der Waals surface area (Å²) in [4.78, 5) is 13.5. The molecule has 0 aliphatic carbocycles. The Morgan fingerprint density at radius 3 is 2.61 bits per heavy atom. The summed E-state index contributed by atoms with van der Waals surface area (Å²) in [5.41, 5.74) is 1.65. The van der Waals surface area contributed by atoms with Gasteiger partial charge in [0.2, 0.25) is 5.91 Å². The third-order valence-corrected chi connectivity index (χ3v) is 3.07. The normalized spacial score (nSPS) is 10.2. The molecule has 0 aliphatic heterocycles. The molecule has 0 bridgehead atoms. The maximum Gasteiger partial charge on any atom is 0.224 e. The second kappa shape index (κ2) is 7.49. The van der Waals surface area contributed by atoms with Gasteiger partial charge in [-0.15, -0.1) is 11.6 Å². The van der Waals surface area contributed by atoms with E-state index in [2.05, 4.69) is 5.32 Å². The molecule has 1 aromatic rings. The molecular formula is C13H18Cl2N2O. The van der Waals surface area contributed by atoms with Crippen LogP contribution >= 0.6 is 23.2 Å². The van der Waals surface area contributed by atoms with Crippen LogP contribution in [0.2, 0.25) is 5.02 Å². The number of unbranched alkanes of at least 4 members (excludes halogenated alkanes) is 1. The molecule has 0 saturated heterocycles. The molecule has 3 nitrogen and oxygen atoms in total. The number of hydrogen-bond donors (Lipinski definition) is 1. The Morgan fingerprint density at radius 1 is 1.33 bits per heavy atom. The minimum Gasteiger partial charge on any atom is -0.376 e. The van der Waals surface area contributed by atoms with E-state index in [1.165, 1.54) is 0 Å². The Bertz CT molecular complexity index is 408. The van der Waals surface area contributed by atoms with Crippen LogP contribution in [0.15, 0.2) is 18.2 Å². The van der Waals surface area contributed by atoms with Gasteiger partial charge < -0.3 is 10.2 Å². The highest BCUT2D eigenvalue weighted by molar-refractivity contribution is 6.33. The van der Waals surface area contributed by atoms with E-state index in [1.54, 1.807) is 6.07 Å². The highest BCUT2D eigenvalue weighted by Crippen LogP contribution is 2.27. The van der Waals surface area contributed by atoms with Crippen molar-refractivity contribution in [3.05, 3.63) is 23.2 Å². The molecule has 0 aromatic heterocycles. The fourth-order valence-corrected chi connectivity index (χ4v) is 2.09. The lowest BCUT2D eigenvalue weighted by Crippen LogP contribution is -2.12. The van der Waals surface area contributed by atoms with Gasteiger partial charge in [0.25, 0.3) is 0 Å². The molecule has 100 valence electrons. The monoisotopic (exact) mass is 288 g/mol. The molecule has 0 unspecified atom stereocenters. The fraction of sp³-hybridized carbons (Fsp3) is 0.462. The molecule has 0 heterocycles. The third-order valence-electron chi connectivity index (χ3n) is 2.50. The molecule has 0 radical (unpaired) electrons. The molecule has 0 aliphatic rings. The molecule has 1 amide bonds. The number of hydrogen-bond acceptors (Lipinski definition) is 2. The van der Waals surface area contributed by atoms with Crippen molar-refractivity contribution in [2.24, 2.45) is 0 Å². The molecule has 1 aromatic carbocycles. The molecule has 1 N–H and O–H groups in total. The number of alkyl halides is 1. The minimum absolute atomic E-state index is 0.00575. The van der Waals surface area contributed by atoms with Crippen LogP contribution in [0, 0.1) is 0 Å². The van der Waals surface area contributed by atoms with Crippen LogP contribution in [0.25, 0.3) is 0 Å². The summed E-state index contributed by atoms with van der Waals surface area (Å²) in [5.74, 6) is 0.588. The molecule has 18 heavy (non-hydrogen) atoms. The Kier molecular flexibility index (Phi) is 6.30. The summed E-state index contributed by atoms with van der Waals surface area (Å²) in [6, 6.07) is 5.49. The Balaban J connectivity index is 2.58. The standard InChI is InChI=1S/C13H18Cl2N2O/c1-17(2)12-7-6-10(9-11(12)15)16-13(18)5-3-4-8-14/h6-7,9H,3-5,8H2,1-2H3,(H,16,18). The molecule has 0 spiro atoms. The lowest BCUT2D eigenvalue weighted by atomic mass is 10.2. The summed E-state index contributed by atoms with van der Waals surface area (Å²) in [6.45, 7) is 0. The van der Waals surface area contributed by atoms with Crippen molar-refractivity contribution in [1.82, 2.24) is 0 Å². The van der Waals surface area contributed by atoms with Crippen molar-refractivity contribution in [1.29, 1.82) is 0 Å². The van der Waals surface area contributed by atoms with E-state index in [0.29, 0.717) is 17.3 Å². The number of nitrogens with zero attached hydrogens (tertiary/aromatic N) is 1.